The summed E-state index contributed by atoms with van der Waals surface area (Å²) in [5, 5.41) is 4.83. The molecule has 21 heavy (non-hydrogen) atoms. The van der Waals surface area contributed by atoms with Crippen molar-refractivity contribution in [2.75, 3.05) is 5.32 Å². The lowest BCUT2D eigenvalue weighted by Gasteiger charge is -2.37. The van der Waals surface area contributed by atoms with E-state index in [1.54, 1.807) is 18.2 Å². The summed E-state index contributed by atoms with van der Waals surface area (Å²) >= 11 is 18.2. The lowest BCUT2D eigenvalue weighted by atomic mass is 9.75. The minimum Gasteiger partial charge on any atom is -0.380 e. The van der Waals surface area contributed by atoms with Crippen molar-refractivity contribution in [3.05, 3.63) is 62.8 Å². The van der Waals surface area contributed by atoms with Crippen molar-refractivity contribution >= 4 is 40.5 Å². The predicted octanol–water partition coefficient (Wildman–Crippen LogP) is 6.14. The van der Waals surface area contributed by atoms with Crippen LogP contribution in [0.15, 0.2) is 36.4 Å². The van der Waals surface area contributed by atoms with Crippen molar-refractivity contribution in [3.8, 4) is 0 Å². The van der Waals surface area contributed by atoms with Crippen molar-refractivity contribution in [1.82, 2.24) is 0 Å². The summed E-state index contributed by atoms with van der Waals surface area (Å²) < 4.78 is 13.7. The molecule has 0 radical (unpaired) electrons. The van der Waals surface area contributed by atoms with Crippen LogP contribution in [0, 0.1) is 5.82 Å². The van der Waals surface area contributed by atoms with E-state index in [1.807, 2.05) is 12.1 Å². The molecule has 1 aliphatic carbocycles. The van der Waals surface area contributed by atoms with Crippen molar-refractivity contribution < 1.29 is 4.39 Å². The normalized spacial score (nSPS) is 21.0. The Kier molecular flexibility index (Phi) is 4.30. The number of halogens is 4. The molecule has 0 bridgehead atoms. The van der Waals surface area contributed by atoms with E-state index in [0.717, 1.165) is 18.4 Å². The summed E-state index contributed by atoms with van der Waals surface area (Å²) in [4.78, 5) is 0. The van der Waals surface area contributed by atoms with Gasteiger partial charge in [-0.05, 0) is 42.5 Å². The fourth-order valence-corrected chi connectivity index (χ4v) is 3.61. The molecule has 1 fully saturated rings. The maximum Gasteiger partial charge on any atom is 0.126 e. The highest BCUT2D eigenvalue weighted by atomic mass is 35.5. The van der Waals surface area contributed by atoms with Crippen molar-refractivity contribution in [2.45, 2.75) is 24.8 Å². The monoisotopic (exact) mass is 343 g/mol. The van der Waals surface area contributed by atoms with E-state index in [2.05, 4.69) is 5.32 Å². The summed E-state index contributed by atoms with van der Waals surface area (Å²) in [5.74, 6) is 0.108. The molecular weight excluding hydrogens is 332 g/mol. The predicted molar refractivity (Wildman–Crippen MR) is 87.3 cm³/mol. The molecule has 1 saturated carbocycles. The van der Waals surface area contributed by atoms with Crippen LogP contribution in [0.4, 0.5) is 10.1 Å². The molecule has 2 aromatic carbocycles. The molecule has 0 heterocycles. The number of benzene rings is 2. The van der Waals surface area contributed by atoms with Gasteiger partial charge in [-0.1, -0.05) is 53.0 Å². The van der Waals surface area contributed by atoms with E-state index in [1.165, 1.54) is 6.07 Å². The van der Waals surface area contributed by atoms with E-state index in [4.69, 9.17) is 34.8 Å². The second-order valence-electron chi connectivity index (χ2n) is 5.28. The molecule has 0 spiro atoms. The smallest absolute Gasteiger partial charge is 0.126 e. The molecular formula is C16H13Cl3FN. The molecule has 0 saturated heterocycles. The largest absolute Gasteiger partial charge is 0.380 e. The van der Waals surface area contributed by atoms with Gasteiger partial charge in [0.15, 0.2) is 0 Å². The van der Waals surface area contributed by atoms with Gasteiger partial charge < -0.3 is 5.32 Å². The zero-order valence-corrected chi connectivity index (χ0v) is 13.3. The Morgan fingerprint density at radius 1 is 1.00 bits per heavy atom. The van der Waals surface area contributed by atoms with Crippen molar-refractivity contribution in [3.63, 3.8) is 0 Å². The van der Waals surface area contributed by atoms with Gasteiger partial charge >= 0.3 is 0 Å². The van der Waals surface area contributed by atoms with Gasteiger partial charge in [0.1, 0.15) is 5.82 Å². The second-order valence-corrected chi connectivity index (χ2v) is 6.53. The van der Waals surface area contributed by atoms with Gasteiger partial charge in [-0.25, -0.2) is 4.39 Å². The Morgan fingerprint density at radius 2 is 1.62 bits per heavy atom. The number of hydrogen-bond acceptors (Lipinski definition) is 1. The van der Waals surface area contributed by atoms with Crippen LogP contribution in [0.25, 0.3) is 0 Å². The lowest BCUT2D eigenvalue weighted by Crippen LogP contribution is -2.34. The summed E-state index contributed by atoms with van der Waals surface area (Å²) in [6.45, 7) is 0. The van der Waals surface area contributed by atoms with Gasteiger partial charge in [-0.15, -0.1) is 0 Å². The molecule has 2 aromatic rings. The molecule has 0 atom stereocenters. The lowest BCUT2D eigenvalue weighted by molar-refractivity contribution is 0.363. The first-order chi connectivity index (χ1) is 10.0. The Hall–Kier alpha value is -0.960. The maximum atomic E-state index is 13.7. The first-order valence-electron chi connectivity index (χ1n) is 6.70. The average Bonchev–Trinajstić information content (AvgIpc) is 2.37. The van der Waals surface area contributed by atoms with Crippen LogP contribution in [-0.4, -0.2) is 6.04 Å². The fourth-order valence-electron chi connectivity index (χ4n) is 2.68. The summed E-state index contributed by atoms with van der Waals surface area (Å²) in [5.41, 5.74) is 1.48. The van der Waals surface area contributed by atoms with Gasteiger partial charge in [0.25, 0.3) is 0 Å². The molecule has 1 nitrogen and oxygen atoms in total. The quantitative estimate of drug-likeness (QED) is 0.704. The SMILES string of the molecule is Fc1ccccc1C1CC(Nc2c(Cl)cc(Cl)cc2Cl)C1. The molecule has 1 aliphatic rings. The molecule has 0 aliphatic heterocycles. The summed E-state index contributed by atoms with van der Waals surface area (Å²) in [6, 6.07) is 10.5. The van der Waals surface area contributed by atoms with E-state index >= 15 is 0 Å². The number of nitrogens with one attached hydrogen (secondary N) is 1. The highest BCUT2D eigenvalue weighted by molar-refractivity contribution is 6.41. The summed E-state index contributed by atoms with van der Waals surface area (Å²) in [7, 11) is 0. The first kappa shape index (κ1) is 15.0. The van der Waals surface area contributed by atoms with Crippen LogP contribution < -0.4 is 5.32 Å². The zero-order chi connectivity index (χ0) is 15.0. The third-order valence-electron chi connectivity index (χ3n) is 3.84. The van der Waals surface area contributed by atoms with E-state index < -0.39 is 0 Å². The van der Waals surface area contributed by atoms with Crippen LogP contribution in [-0.2, 0) is 0 Å². The van der Waals surface area contributed by atoms with Crippen LogP contribution in [0.2, 0.25) is 15.1 Å². The molecule has 110 valence electrons. The Bertz CT molecular complexity index is 645. The van der Waals surface area contributed by atoms with Gasteiger partial charge in [-0.2, -0.15) is 0 Å². The maximum absolute atomic E-state index is 13.7. The van der Waals surface area contributed by atoms with Gasteiger partial charge in [-0.3, -0.25) is 0 Å². The molecule has 3 rings (SSSR count). The minimum absolute atomic E-state index is 0.136. The molecule has 0 unspecified atom stereocenters. The zero-order valence-electron chi connectivity index (χ0n) is 11.0. The highest BCUT2D eigenvalue weighted by Gasteiger charge is 2.32. The van der Waals surface area contributed by atoms with E-state index in [0.29, 0.717) is 20.8 Å². The van der Waals surface area contributed by atoms with Gasteiger partial charge in [0.05, 0.1) is 15.7 Å². The van der Waals surface area contributed by atoms with Crippen LogP contribution >= 0.6 is 34.8 Å². The van der Waals surface area contributed by atoms with E-state index in [-0.39, 0.29) is 17.8 Å². The summed E-state index contributed by atoms with van der Waals surface area (Å²) in [6.07, 6.45) is 1.71. The topological polar surface area (TPSA) is 12.0 Å². The highest BCUT2D eigenvalue weighted by Crippen LogP contribution is 2.42. The Balaban J connectivity index is 1.67. The molecule has 0 amide bonds. The van der Waals surface area contributed by atoms with Crippen LogP contribution in [0.5, 0.6) is 0 Å². The van der Waals surface area contributed by atoms with Gasteiger partial charge in [0, 0.05) is 11.1 Å². The van der Waals surface area contributed by atoms with Crippen LogP contribution in [0.1, 0.15) is 24.3 Å². The standard InChI is InChI=1S/C16H13Cl3FN/c17-10-7-13(18)16(14(19)8-10)21-11-5-9(6-11)12-3-1-2-4-15(12)20/h1-4,7-9,11,21H,5-6H2. The van der Waals surface area contributed by atoms with Gasteiger partial charge in [0.2, 0.25) is 0 Å². The van der Waals surface area contributed by atoms with Crippen LogP contribution in [0.3, 0.4) is 0 Å². The number of rotatable bonds is 3. The number of hydrogen-bond donors (Lipinski definition) is 1. The molecule has 5 heteroatoms. The molecule has 0 aromatic heterocycles. The Labute approximate surface area is 138 Å². The Morgan fingerprint density at radius 3 is 2.24 bits per heavy atom. The average molecular weight is 345 g/mol. The van der Waals surface area contributed by atoms with E-state index in [9.17, 15) is 4.39 Å². The molecule has 1 N–H and O–H groups in total. The van der Waals surface area contributed by atoms with Crippen molar-refractivity contribution in [2.24, 2.45) is 0 Å². The fraction of sp³-hybridized carbons (Fsp3) is 0.250. The van der Waals surface area contributed by atoms with Crippen molar-refractivity contribution in [1.29, 1.82) is 0 Å². The number of anilines is 1. The first-order valence-corrected chi connectivity index (χ1v) is 7.83. The second kappa shape index (κ2) is 6.04. The third-order valence-corrected chi connectivity index (χ3v) is 4.65. The third kappa shape index (κ3) is 3.13. The minimum atomic E-state index is -0.136.